The lowest BCUT2D eigenvalue weighted by molar-refractivity contribution is -0.135. The topological polar surface area (TPSA) is 172 Å². The second-order valence-electron chi connectivity index (χ2n) is 17.7. The van der Waals surface area contributed by atoms with Gasteiger partial charge in [0.1, 0.15) is 17.4 Å². The van der Waals surface area contributed by atoms with Crippen molar-refractivity contribution in [3.8, 4) is 0 Å². The maximum absolute atomic E-state index is 14.3. The number of aromatic nitrogens is 7. The highest BCUT2D eigenvalue weighted by molar-refractivity contribution is 6.08. The molecule has 18 nitrogen and oxygen atoms in total. The van der Waals surface area contributed by atoms with Crippen molar-refractivity contribution < 1.29 is 27.9 Å². The molecule has 3 amide bonds. The first-order chi connectivity index (χ1) is 30.1. The standard InChI is InChI=1S/C42H49F2N13O5/c1-50-37-31(3-2-4-32(37)57(42(50)61)33-9-10-35(58)48-41(33)60)53-19-27(20-53)52-15-13-51(14-16-52)24-5-7-25(8-6-24)56-22-30(36(49-56)38(43)44)46-40(59)29-18-45-55-12-11-34(47-39(29)55)54-21-28-17-26(54)23-62-28/h2-4,11-12,18,22,24-28,33,38H,5-10,13-17,19-21,23H2,1H3,(H,46,59)(H,48,58,60)/t24-,25-,26-,28-,33?/m1/s1. The Morgan fingerprint density at radius 1 is 0.935 bits per heavy atom. The van der Waals surface area contributed by atoms with Crippen molar-refractivity contribution >= 4 is 51.6 Å². The predicted octanol–water partition coefficient (Wildman–Crippen LogP) is 2.71. The van der Waals surface area contributed by atoms with Crippen LogP contribution in [0, 0.1) is 0 Å². The van der Waals surface area contributed by atoms with E-state index >= 15 is 0 Å². The van der Waals surface area contributed by atoms with E-state index in [4.69, 9.17) is 9.72 Å². The van der Waals surface area contributed by atoms with Gasteiger partial charge >= 0.3 is 5.69 Å². The molecule has 62 heavy (non-hydrogen) atoms. The van der Waals surface area contributed by atoms with E-state index < -0.39 is 30.0 Å². The lowest BCUT2D eigenvalue weighted by atomic mass is 9.89. The highest BCUT2D eigenvalue weighted by atomic mass is 19.3. The largest absolute Gasteiger partial charge is 0.374 e. The summed E-state index contributed by atoms with van der Waals surface area (Å²) >= 11 is 0. The highest BCUT2D eigenvalue weighted by Crippen LogP contribution is 2.37. The van der Waals surface area contributed by atoms with Gasteiger partial charge in [-0.3, -0.25) is 43.3 Å². The number of hydrogen-bond acceptors (Lipinski definition) is 12. The zero-order chi connectivity index (χ0) is 42.4. The normalized spacial score (nSPS) is 26.3. The van der Waals surface area contributed by atoms with Crippen molar-refractivity contribution in [1.29, 1.82) is 0 Å². The Hall–Kier alpha value is -5.73. The van der Waals surface area contributed by atoms with E-state index in [1.165, 1.54) is 15.3 Å². The Morgan fingerprint density at radius 3 is 2.40 bits per heavy atom. The minimum atomic E-state index is -2.86. The molecule has 1 unspecified atom stereocenters. The van der Waals surface area contributed by atoms with Crippen LogP contribution in [0.15, 0.2) is 47.7 Å². The van der Waals surface area contributed by atoms with Gasteiger partial charge in [0.2, 0.25) is 11.8 Å². The lowest BCUT2D eigenvalue weighted by Crippen LogP contribution is -2.64. The number of rotatable bonds is 9. The number of amides is 3. The van der Waals surface area contributed by atoms with Crippen LogP contribution in [0.1, 0.15) is 79.5 Å². The Kier molecular flexibility index (Phi) is 9.64. The summed E-state index contributed by atoms with van der Waals surface area (Å²) in [6, 6.07) is 7.94. The van der Waals surface area contributed by atoms with Crippen LogP contribution >= 0.6 is 0 Å². The molecule has 2 N–H and O–H groups in total. The number of imidazole rings is 1. The number of aryl methyl sites for hydroxylation is 1. The number of piperidine rings is 1. The Balaban J connectivity index is 0.690. The van der Waals surface area contributed by atoms with E-state index in [0.717, 1.165) is 94.9 Å². The monoisotopic (exact) mass is 853 g/mol. The number of piperazine rings is 1. The minimum Gasteiger partial charge on any atom is -0.374 e. The second kappa shape index (κ2) is 15.3. The van der Waals surface area contributed by atoms with E-state index in [1.54, 1.807) is 28.7 Å². The summed E-state index contributed by atoms with van der Waals surface area (Å²) in [5.74, 6) is -0.592. The Morgan fingerprint density at radius 2 is 1.69 bits per heavy atom. The molecule has 9 heterocycles. The molecule has 0 radical (unpaired) electrons. The summed E-state index contributed by atoms with van der Waals surface area (Å²) in [5.41, 5.74) is 2.27. The van der Waals surface area contributed by atoms with Gasteiger partial charge in [-0.05, 0) is 56.7 Å². The van der Waals surface area contributed by atoms with E-state index in [1.807, 2.05) is 24.3 Å². The molecule has 6 fully saturated rings. The maximum atomic E-state index is 14.3. The number of para-hydroxylation sites is 1. The fraction of sp³-hybridized carbons (Fsp3) is 0.548. The molecule has 326 valence electrons. The molecular formula is C42H49F2N13O5. The fourth-order valence-corrected chi connectivity index (χ4v) is 10.8. The number of hydrogen-bond donors (Lipinski definition) is 2. The summed E-state index contributed by atoms with van der Waals surface area (Å²) in [7, 11) is 1.74. The number of ether oxygens (including phenoxy) is 1. The van der Waals surface area contributed by atoms with Crippen molar-refractivity contribution in [1.82, 2.24) is 48.6 Å². The van der Waals surface area contributed by atoms with Crippen LogP contribution < -0.4 is 26.1 Å². The zero-order valence-corrected chi connectivity index (χ0v) is 34.4. The average molecular weight is 854 g/mol. The van der Waals surface area contributed by atoms with Crippen LogP contribution in [-0.2, 0) is 21.4 Å². The summed E-state index contributed by atoms with van der Waals surface area (Å²) in [5, 5.41) is 13.7. The van der Waals surface area contributed by atoms with E-state index in [2.05, 4.69) is 40.4 Å². The van der Waals surface area contributed by atoms with E-state index in [9.17, 15) is 28.0 Å². The van der Waals surface area contributed by atoms with Gasteiger partial charge in [-0.25, -0.2) is 23.1 Å². The third kappa shape index (κ3) is 6.64. The third-order valence-electron chi connectivity index (χ3n) is 14.2. The van der Waals surface area contributed by atoms with Crippen LogP contribution in [0.4, 0.5) is 26.0 Å². The number of carbonyl (C=O) groups is 3. The fourth-order valence-electron chi connectivity index (χ4n) is 10.8. The first kappa shape index (κ1) is 39.1. The molecule has 6 aliphatic rings. The molecule has 5 saturated heterocycles. The number of alkyl halides is 2. The van der Waals surface area contributed by atoms with Gasteiger partial charge in [0.15, 0.2) is 11.3 Å². The van der Waals surface area contributed by atoms with Gasteiger partial charge in [0.05, 0.1) is 53.4 Å². The number of carbonyl (C=O) groups excluding carboxylic acids is 3. The van der Waals surface area contributed by atoms with E-state index in [-0.39, 0.29) is 47.5 Å². The molecule has 0 spiro atoms. The average Bonchev–Trinajstić information content (AvgIpc) is 4.11. The summed E-state index contributed by atoms with van der Waals surface area (Å²) < 4.78 is 40.7. The molecule has 3 atom stereocenters. The van der Waals surface area contributed by atoms with Crippen LogP contribution in [0.2, 0.25) is 0 Å². The molecule has 1 aromatic carbocycles. The molecular weight excluding hydrogens is 805 g/mol. The molecule has 5 aliphatic heterocycles. The lowest BCUT2D eigenvalue weighted by Gasteiger charge is -2.50. The van der Waals surface area contributed by atoms with Crippen molar-refractivity contribution in [2.45, 2.75) is 87.7 Å². The van der Waals surface area contributed by atoms with Crippen LogP contribution in [0.25, 0.3) is 16.7 Å². The van der Waals surface area contributed by atoms with Crippen LogP contribution in [0.3, 0.4) is 0 Å². The van der Waals surface area contributed by atoms with Crippen molar-refractivity contribution in [3.05, 3.63) is 64.6 Å². The highest BCUT2D eigenvalue weighted by Gasteiger charge is 2.41. The molecule has 2 bridgehead atoms. The minimum absolute atomic E-state index is 0.00586. The summed E-state index contributed by atoms with van der Waals surface area (Å²) in [6.07, 6.45) is 6.91. The van der Waals surface area contributed by atoms with Gasteiger partial charge in [0, 0.05) is 83.8 Å². The van der Waals surface area contributed by atoms with Gasteiger partial charge in [0.25, 0.3) is 12.3 Å². The molecule has 1 aliphatic carbocycles. The third-order valence-corrected chi connectivity index (χ3v) is 14.2. The number of anilines is 3. The number of benzene rings is 1. The first-order valence-electron chi connectivity index (χ1n) is 21.8. The summed E-state index contributed by atoms with van der Waals surface area (Å²) in [4.78, 5) is 65.8. The second-order valence-corrected chi connectivity index (χ2v) is 17.7. The van der Waals surface area contributed by atoms with Crippen molar-refractivity contribution in [3.63, 3.8) is 0 Å². The molecule has 5 aromatic rings. The zero-order valence-electron chi connectivity index (χ0n) is 34.4. The number of nitrogens with one attached hydrogen (secondary N) is 2. The predicted molar refractivity (Wildman–Crippen MR) is 223 cm³/mol. The van der Waals surface area contributed by atoms with Crippen molar-refractivity contribution in [2.24, 2.45) is 7.05 Å². The van der Waals surface area contributed by atoms with Gasteiger partial charge in [-0.1, -0.05) is 6.07 Å². The van der Waals surface area contributed by atoms with Crippen LogP contribution in [-0.4, -0.2) is 138 Å². The van der Waals surface area contributed by atoms with Crippen molar-refractivity contribution in [2.75, 3.05) is 67.5 Å². The quantitative estimate of drug-likeness (QED) is 0.208. The smallest absolute Gasteiger partial charge is 0.329 e. The maximum Gasteiger partial charge on any atom is 0.329 e. The van der Waals surface area contributed by atoms with Gasteiger partial charge in [-0.15, -0.1) is 0 Å². The summed E-state index contributed by atoms with van der Waals surface area (Å²) in [6.45, 7) is 6.85. The SMILES string of the molecule is Cn1c(=O)n(C2CCC(=O)NC2=O)c2cccc(N3CC(N4CCN([C@H]5CC[C@H](n6cc(NC(=O)c7cnn8ccc(N9C[C@H]%10C[C@@H]9CO%10)nc78)c(C(F)F)n6)CC5)CC4)C3)c21. The van der Waals surface area contributed by atoms with Crippen LogP contribution in [0.5, 0.6) is 0 Å². The first-order valence-corrected chi connectivity index (χ1v) is 21.8. The number of morpholine rings is 1. The van der Waals surface area contributed by atoms with Gasteiger partial charge < -0.3 is 19.9 Å². The number of imide groups is 1. The molecule has 11 rings (SSSR count). The molecule has 1 saturated carbocycles. The molecule has 20 heteroatoms. The Bertz CT molecular complexity index is 2630. The van der Waals surface area contributed by atoms with E-state index in [0.29, 0.717) is 36.3 Å². The van der Waals surface area contributed by atoms with Gasteiger partial charge in [-0.2, -0.15) is 10.2 Å². The number of nitrogens with zero attached hydrogens (tertiary/aromatic N) is 11. The number of fused-ring (bicyclic) bond motifs is 4. The Labute approximate surface area is 354 Å². The number of halogens is 2. The molecule has 4 aromatic heterocycles.